The minimum Gasteiger partial charge on any atom is -0.495 e. The van der Waals surface area contributed by atoms with Gasteiger partial charge in [0.05, 0.1) is 18.6 Å². The predicted octanol–water partition coefficient (Wildman–Crippen LogP) is 6.20. The number of nitrogens with zero attached hydrogens (tertiary/aromatic N) is 3. The van der Waals surface area contributed by atoms with E-state index in [9.17, 15) is 9.59 Å². The average Bonchev–Trinajstić information content (AvgIpc) is 3.26. The van der Waals surface area contributed by atoms with Crippen LogP contribution in [0, 0.1) is 3.95 Å². The fraction of sp³-hybridized carbons (Fsp3) is 0.143. The van der Waals surface area contributed by atoms with Gasteiger partial charge in [-0.25, -0.2) is 4.98 Å². The Bertz CT molecular complexity index is 1680. The van der Waals surface area contributed by atoms with E-state index in [0.717, 1.165) is 6.42 Å². The monoisotopic (exact) mass is 545 g/mol. The van der Waals surface area contributed by atoms with E-state index in [1.165, 1.54) is 33.2 Å². The number of para-hydroxylation sites is 2. The van der Waals surface area contributed by atoms with Gasteiger partial charge in [-0.2, -0.15) is 0 Å². The van der Waals surface area contributed by atoms with Gasteiger partial charge in [0.2, 0.25) is 0 Å². The molecule has 9 heteroatoms. The van der Waals surface area contributed by atoms with Crippen molar-refractivity contribution in [2.45, 2.75) is 18.1 Å². The molecule has 3 aromatic carbocycles. The van der Waals surface area contributed by atoms with Gasteiger partial charge in [0.1, 0.15) is 10.4 Å². The Morgan fingerprint density at radius 2 is 1.68 bits per heavy atom. The summed E-state index contributed by atoms with van der Waals surface area (Å²) < 4.78 is 10.1. The molecule has 6 nitrogen and oxygen atoms in total. The molecule has 0 aliphatic carbocycles. The molecule has 0 fully saturated rings. The maximum absolute atomic E-state index is 13.9. The highest BCUT2D eigenvalue weighted by Gasteiger charge is 2.21. The summed E-state index contributed by atoms with van der Waals surface area (Å²) in [4.78, 5) is 31.7. The lowest BCUT2D eigenvalue weighted by Crippen LogP contribution is -2.22. The molecule has 0 aliphatic heterocycles. The van der Waals surface area contributed by atoms with E-state index in [2.05, 4.69) is 12.1 Å². The second-order valence-electron chi connectivity index (χ2n) is 8.19. The van der Waals surface area contributed by atoms with Crippen LogP contribution in [0.2, 0.25) is 0 Å². The topological polar surface area (TPSA) is 66.1 Å². The van der Waals surface area contributed by atoms with Gasteiger partial charge in [0, 0.05) is 12.1 Å². The summed E-state index contributed by atoms with van der Waals surface area (Å²) in [5.74, 6) is 0.623. The summed E-state index contributed by atoms with van der Waals surface area (Å²) in [5.41, 5.74) is 2.66. The van der Waals surface area contributed by atoms with Crippen molar-refractivity contribution in [3.8, 4) is 11.4 Å². The lowest BCUT2D eigenvalue weighted by atomic mass is 10.1. The molecule has 0 spiro atoms. The number of methoxy groups -OCH3 is 1. The summed E-state index contributed by atoms with van der Waals surface area (Å²) in [5, 5.41) is 0.410. The number of benzene rings is 3. The van der Waals surface area contributed by atoms with Crippen LogP contribution in [0.25, 0.3) is 16.0 Å². The number of thioether (sulfide) groups is 1. The zero-order valence-corrected chi connectivity index (χ0v) is 22.4. The van der Waals surface area contributed by atoms with Crippen molar-refractivity contribution in [2.75, 3.05) is 12.9 Å². The number of hydrogen-bond donors (Lipinski definition) is 0. The molecule has 2 aromatic heterocycles. The molecule has 2 heterocycles. The van der Waals surface area contributed by atoms with Gasteiger partial charge in [0.25, 0.3) is 5.56 Å². The molecule has 0 N–H and O–H groups in total. The number of hydrogen-bond acceptors (Lipinski definition) is 7. The molecular weight excluding hydrogens is 523 g/mol. The van der Waals surface area contributed by atoms with Gasteiger partial charge < -0.3 is 9.30 Å². The van der Waals surface area contributed by atoms with E-state index < -0.39 is 0 Å². The zero-order valence-electron chi connectivity index (χ0n) is 20.0. The number of carbonyl (C=O) groups excluding carboxylic acids is 1. The number of ether oxygens (including phenoxy) is 1. The number of carbonyl (C=O) groups is 1. The van der Waals surface area contributed by atoms with Crippen molar-refractivity contribution < 1.29 is 9.53 Å². The third kappa shape index (κ3) is 5.29. The molecule has 37 heavy (non-hydrogen) atoms. The first-order chi connectivity index (χ1) is 18.1. The lowest BCUT2D eigenvalue weighted by Gasteiger charge is -2.15. The third-order valence-corrected chi connectivity index (χ3v) is 8.25. The molecule has 0 saturated heterocycles. The predicted molar refractivity (Wildman–Crippen MR) is 152 cm³/mol. The highest BCUT2D eigenvalue weighted by Crippen LogP contribution is 2.29. The third-order valence-electron chi connectivity index (χ3n) is 5.88. The van der Waals surface area contributed by atoms with Crippen molar-refractivity contribution in [2.24, 2.45) is 0 Å². The van der Waals surface area contributed by atoms with Crippen molar-refractivity contribution in [3.63, 3.8) is 0 Å². The molecule has 0 radical (unpaired) electrons. The number of rotatable bonds is 9. The maximum Gasteiger partial charge on any atom is 0.278 e. The fourth-order valence-electron chi connectivity index (χ4n) is 4.02. The Hall–Kier alpha value is -3.53. The van der Waals surface area contributed by atoms with Gasteiger partial charge in [-0.05, 0) is 36.3 Å². The maximum atomic E-state index is 13.9. The van der Waals surface area contributed by atoms with Crippen LogP contribution in [0.3, 0.4) is 0 Å². The largest absolute Gasteiger partial charge is 0.495 e. The van der Waals surface area contributed by atoms with Crippen molar-refractivity contribution in [1.82, 2.24) is 14.1 Å². The number of thiazole rings is 1. The Labute approximate surface area is 227 Å². The molecule has 5 aromatic rings. The highest BCUT2D eigenvalue weighted by atomic mass is 32.2. The van der Waals surface area contributed by atoms with E-state index in [4.69, 9.17) is 21.9 Å². The normalized spacial score (nSPS) is 11.1. The standard InChI is InChI=1S/C28H23N3O3S3/c1-34-23-15-9-8-14-21(23)31-26(33)24-25(29-27(31)36-18-22(32)20-12-6-3-7-13-20)30(28(35)37-24)17-16-19-10-4-2-5-11-19/h2-15H,16-18H2,1H3. The number of aromatic nitrogens is 3. The van der Waals surface area contributed by atoms with Crippen LogP contribution < -0.4 is 10.3 Å². The highest BCUT2D eigenvalue weighted by molar-refractivity contribution is 7.99. The Morgan fingerprint density at radius 1 is 1.00 bits per heavy atom. The van der Waals surface area contributed by atoms with Crippen LogP contribution >= 0.6 is 35.3 Å². The first-order valence-electron chi connectivity index (χ1n) is 11.6. The van der Waals surface area contributed by atoms with Gasteiger partial charge in [-0.1, -0.05) is 95.9 Å². The van der Waals surface area contributed by atoms with Crippen molar-refractivity contribution in [1.29, 1.82) is 0 Å². The minimum absolute atomic E-state index is 0.0437. The van der Waals surface area contributed by atoms with Crippen LogP contribution in [-0.2, 0) is 13.0 Å². The quantitative estimate of drug-likeness (QED) is 0.0950. The summed E-state index contributed by atoms with van der Waals surface area (Å²) in [6.45, 7) is 0.598. The molecule has 0 unspecified atom stereocenters. The summed E-state index contributed by atoms with van der Waals surface area (Å²) in [7, 11) is 1.56. The van der Waals surface area contributed by atoms with Gasteiger partial charge in [-0.3, -0.25) is 14.2 Å². The van der Waals surface area contributed by atoms with Crippen molar-refractivity contribution >= 4 is 51.4 Å². The molecular formula is C28H23N3O3S3. The second-order valence-corrected chi connectivity index (χ2v) is 10.8. The van der Waals surface area contributed by atoms with Crippen LogP contribution in [0.15, 0.2) is 94.9 Å². The van der Waals surface area contributed by atoms with Crippen LogP contribution in [0.1, 0.15) is 15.9 Å². The average molecular weight is 546 g/mol. The van der Waals surface area contributed by atoms with E-state index in [-0.39, 0.29) is 17.1 Å². The molecule has 0 aliphatic rings. The SMILES string of the molecule is COc1ccccc1-n1c(SCC(=O)c2ccccc2)nc2c(sc(=S)n2CCc2ccccc2)c1=O. The van der Waals surface area contributed by atoms with E-state index in [1.807, 2.05) is 59.2 Å². The minimum atomic E-state index is -0.237. The number of ketones is 1. The summed E-state index contributed by atoms with van der Waals surface area (Å²) in [6, 6.07) is 26.5. The number of Topliss-reactive ketones (excluding diaryl/α,β-unsaturated/α-hetero) is 1. The van der Waals surface area contributed by atoms with E-state index in [1.54, 1.807) is 25.3 Å². The van der Waals surface area contributed by atoms with Crippen LogP contribution in [0.5, 0.6) is 5.75 Å². The first-order valence-corrected chi connectivity index (χ1v) is 13.8. The molecule has 0 bridgehead atoms. The summed E-state index contributed by atoms with van der Waals surface area (Å²) in [6.07, 6.45) is 0.757. The second kappa shape index (κ2) is 11.2. The molecule has 0 atom stereocenters. The lowest BCUT2D eigenvalue weighted by molar-refractivity contribution is 0.102. The molecule has 0 saturated carbocycles. The number of fused-ring (bicyclic) bond motifs is 1. The van der Waals surface area contributed by atoms with Crippen molar-refractivity contribution in [3.05, 3.63) is 110 Å². The number of aryl methyl sites for hydroxylation is 2. The molecule has 186 valence electrons. The Morgan fingerprint density at radius 3 is 2.41 bits per heavy atom. The van der Waals surface area contributed by atoms with Gasteiger partial charge in [0.15, 0.2) is 20.5 Å². The van der Waals surface area contributed by atoms with Gasteiger partial charge in [-0.15, -0.1) is 0 Å². The molecule has 5 rings (SSSR count). The first kappa shape index (κ1) is 25.1. The van der Waals surface area contributed by atoms with Crippen LogP contribution in [0.4, 0.5) is 0 Å². The van der Waals surface area contributed by atoms with Crippen LogP contribution in [-0.4, -0.2) is 32.8 Å². The Kier molecular flexibility index (Phi) is 7.64. The van der Waals surface area contributed by atoms with E-state index in [0.29, 0.717) is 43.0 Å². The summed E-state index contributed by atoms with van der Waals surface area (Å²) >= 11 is 8.14. The van der Waals surface area contributed by atoms with E-state index >= 15 is 0 Å². The fourth-order valence-corrected chi connectivity index (χ4v) is 6.22. The van der Waals surface area contributed by atoms with Gasteiger partial charge >= 0.3 is 0 Å². The zero-order chi connectivity index (χ0) is 25.8. The molecule has 0 amide bonds. The Balaban J connectivity index is 1.61. The smallest absolute Gasteiger partial charge is 0.278 e.